The van der Waals surface area contributed by atoms with Crippen LogP contribution in [0.5, 0.6) is 0 Å². The average Bonchev–Trinajstić information content (AvgIpc) is 2.51. The second-order valence-electron chi connectivity index (χ2n) is 4.84. The third-order valence-corrected chi connectivity index (χ3v) is 3.12. The van der Waals surface area contributed by atoms with Crippen LogP contribution in [0.2, 0.25) is 0 Å². The molecule has 6 nitrogen and oxygen atoms in total. The summed E-state index contributed by atoms with van der Waals surface area (Å²) in [5.41, 5.74) is 1.47. The standard InChI is InChI=1S/C15H20N4O2.2ClH/c20-8-3-1-2-7-17-15-18-11-13(14(21)19-15)9-12-5-4-6-16-10-12;;/h4-6,10-11,20H,1-3,7-9H2,(H2,17,18,19,21);2*1H. The molecule has 0 aliphatic carbocycles. The SMILES string of the molecule is Cl.Cl.O=c1[nH]c(NCCCCCO)ncc1Cc1cccnc1. The molecular weight excluding hydrogens is 339 g/mol. The molecule has 2 aromatic rings. The normalized spacial score (nSPS) is 9.61. The van der Waals surface area contributed by atoms with Gasteiger partial charge >= 0.3 is 0 Å². The number of halogens is 2. The molecule has 0 fully saturated rings. The van der Waals surface area contributed by atoms with Gasteiger partial charge in [0.1, 0.15) is 0 Å². The highest BCUT2D eigenvalue weighted by atomic mass is 35.5. The van der Waals surface area contributed by atoms with Crippen LogP contribution in [0.25, 0.3) is 0 Å². The van der Waals surface area contributed by atoms with Crippen molar-refractivity contribution in [2.24, 2.45) is 0 Å². The van der Waals surface area contributed by atoms with Crippen LogP contribution in [0.15, 0.2) is 35.5 Å². The summed E-state index contributed by atoms with van der Waals surface area (Å²) in [6, 6.07) is 3.78. The van der Waals surface area contributed by atoms with E-state index in [9.17, 15) is 4.79 Å². The maximum absolute atomic E-state index is 12.0. The number of pyridine rings is 1. The van der Waals surface area contributed by atoms with Crippen LogP contribution in [0.4, 0.5) is 5.95 Å². The summed E-state index contributed by atoms with van der Waals surface area (Å²) in [5.74, 6) is 0.485. The zero-order valence-electron chi connectivity index (χ0n) is 12.7. The number of aromatic amines is 1. The van der Waals surface area contributed by atoms with Gasteiger partial charge in [0, 0.05) is 43.7 Å². The number of aliphatic hydroxyl groups excluding tert-OH is 1. The number of hydrogen-bond donors (Lipinski definition) is 3. The summed E-state index contributed by atoms with van der Waals surface area (Å²) in [7, 11) is 0. The molecule has 2 heterocycles. The first-order chi connectivity index (χ1) is 10.3. The second-order valence-corrected chi connectivity index (χ2v) is 4.84. The van der Waals surface area contributed by atoms with E-state index in [-0.39, 0.29) is 37.0 Å². The summed E-state index contributed by atoms with van der Waals surface area (Å²) < 4.78 is 0. The molecule has 23 heavy (non-hydrogen) atoms. The number of H-pyrrole nitrogens is 1. The minimum absolute atomic E-state index is 0. The van der Waals surface area contributed by atoms with Gasteiger partial charge in [-0.05, 0) is 30.9 Å². The van der Waals surface area contributed by atoms with E-state index in [1.165, 1.54) is 0 Å². The lowest BCUT2D eigenvalue weighted by molar-refractivity contribution is 0.283. The molecule has 0 aromatic carbocycles. The second kappa shape index (κ2) is 11.9. The Balaban J connectivity index is 0.00000242. The van der Waals surface area contributed by atoms with Crippen molar-refractivity contribution in [2.75, 3.05) is 18.5 Å². The Kier molecular flexibility index (Phi) is 11.0. The molecule has 3 N–H and O–H groups in total. The highest BCUT2D eigenvalue weighted by Crippen LogP contribution is 2.04. The Morgan fingerprint density at radius 3 is 2.65 bits per heavy atom. The molecule has 0 amide bonds. The summed E-state index contributed by atoms with van der Waals surface area (Å²) in [5, 5.41) is 11.8. The highest BCUT2D eigenvalue weighted by Gasteiger charge is 2.04. The number of aliphatic hydroxyl groups is 1. The van der Waals surface area contributed by atoms with Crippen molar-refractivity contribution in [2.45, 2.75) is 25.7 Å². The molecular formula is C15H22Cl2N4O2. The van der Waals surface area contributed by atoms with Crippen molar-refractivity contribution in [1.82, 2.24) is 15.0 Å². The fraction of sp³-hybridized carbons (Fsp3) is 0.400. The van der Waals surface area contributed by atoms with Crippen molar-refractivity contribution in [3.8, 4) is 0 Å². The molecule has 128 valence electrons. The molecule has 0 aliphatic rings. The van der Waals surface area contributed by atoms with Gasteiger partial charge in [0.25, 0.3) is 5.56 Å². The van der Waals surface area contributed by atoms with E-state index in [2.05, 4.69) is 20.3 Å². The summed E-state index contributed by atoms with van der Waals surface area (Å²) in [6.07, 6.45) is 8.25. The van der Waals surface area contributed by atoms with Gasteiger partial charge in [-0.25, -0.2) is 4.98 Å². The lowest BCUT2D eigenvalue weighted by Gasteiger charge is -2.06. The zero-order valence-corrected chi connectivity index (χ0v) is 14.3. The molecule has 8 heteroatoms. The average molecular weight is 361 g/mol. The minimum atomic E-state index is -0.133. The van der Waals surface area contributed by atoms with E-state index < -0.39 is 0 Å². The fourth-order valence-corrected chi connectivity index (χ4v) is 1.98. The number of unbranched alkanes of at least 4 members (excludes halogenated alkanes) is 2. The minimum Gasteiger partial charge on any atom is -0.396 e. The Morgan fingerprint density at radius 1 is 1.17 bits per heavy atom. The Labute approximate surface area is 147 Å². The van der Waals surface area contributed by atoms with Crippen molar-refractivity contribution in [1.29, 1.82) is 0 Å². The van der Waals surface area contributed by atoms with Gasteiger partial charge in [0.05, 0.1) is 0 Å². The van der Waals surface area contributed by atoms with E-state index in [0.717, 1.165) is 31.4 Å². The van der Waals surface area contributed by atoms with Gasteiger partial charge in [0.15, 0.2) is 0 Å². The number of aromatic nitrogens is 3. The van der Waals surface area contributed by atoms with Crippen LogP contribution in [-0.2, 0) is 6.42 Å². The maximum Gasteiger partial charge on any atom is 0.255 e. The lowest BCUT2D eigenvalue weighted by atomic mass is 10.1. The van der Waals surface area contributed by atoms with Gasteiger partial charge in [-0.3, -0.25) is 14.8 Å². The predicted octanol–water partition coefficient (Wildman–Crippen LogP) is 2.17. The molecule has 0 bridgehead atoms. The van der Waals surface area contributed by atoms with E-state index in [0.29, 0.717) is 17.9 Å². The Bertz CT molecular complexity index is 608. The molecule has 0 saturated carbocycles. The molecule has 0 atom stereocenters. The first kappa shape index (κ1) is 21.4. The Morgan fingerprint density at radius 2 is 2.00 bits per heavy atom. The van der Waals surface area contributed by atoms with Crippen molar-refractivity contribution >= 4 is 30.8 Å². The quantitative estimate of drug-likeness (QED) is 0.627. The number of anilines is 1. The molecule has 0 saturated heterocycles. The first-order valence-corrected chi connectivity index (χ1v) is 7.11. The summed E-state index contributed by atoms with van der Waals surface area (Å²) >= 11 is 0. The third kappa shape index (κ3) is 7.45. The highest BCUT2D eigenvalue weighted by molar-refractivity contribution is 5.85. The van der Waals surface area contributed by atoms with Crippen LogP contribution in [0.3, 0.4) is 0 Å². The molecule has 0 radical (unpaired) electrons. The number of rotatable bonds is 8. The van der Waals surface area contributed by atoms with E-state index in [1.54, 1.807) is 18.6 Å². The van der Waals surface area contributed by atoms with Crippen LogP contribution in [-0.4, -0.2) is 33.2 Å². The fourth-order valence-electron chi connectivity index (χ4n) is 1.98. The number of nitrogens with one attached hydrogen (secondary N) is 2. The maximum atomic E-state index is 12.0. The lowest BCUT2D eigenvalue weighted by Crippen LogP contribution is -2.17. The van der Waals surface area contributed by atoms with Gasteiger partial charge < -0.3 is 10.4 Å². The summed E-state index contributed by atoms with van der Waals surface area (Å²) in [4.78, 5) is 23.0. The van der Waals surface area contributed by atoms with Crippen LogP contribution in [0, 0.1) is 0 Å². The topological polar surface area (TPSA) is 90.9 Å². The van der Waals surface area contributed by atoms with Gasteiger partial charge in [-0.15, -0.1) is 24.8 Å². The van der Waals surface area contributed by atoms with Gasteiger partial charge in [0.2, 0.25) is 5.95 Å². The molecule has 0 spiro atoms. The largest absolute Gasteiger partial charge is 0.396 e. The molecule has 2 aromatic heterocycles. The molecule has 0 aliphatic heterocycles. The van der Waals surface area contributed by atoms with Crippen LogP contribution >= 0.6 is 24.8 Å². The van der Waals surface area contributed by atoms with Crippen molar-refractivity contribution in [3.05, 3.63) is 52.2 Å². The summed E-state index contributed by atoms with van der Waals surface area (Å²) in [6.45, 7) is 0.947. The number of hydrogen-bond acceptors (Lipinski definition) is 5. The third-order valence-electron chi connectivity index (χ3n) is 3.12. The van der Waals surface area contributed by atoms with Crippen molar-refractivity contribution < 1.29 is 5.11 Å². The first-order valence-electron chi connectivity index (χ1n) is 7.11. The van der Waals surface area contributed by atoms with E-state index in [4.69, 9.17) is 5.11 Å². The van der Waals surface area contributed by atoms with Crippen molar-refractivity contribution in [3.63, 3.8) is 0 Å². The predicted molar refractivity (Wildman–Crippen MR) is 95.8 cm³/mol. The van der Waals surface area contributed by atoms with Crippen LogP contribution < -0.4 is 10.9 Å². The Hall–Kier alpha value is -1.63. The molecule has 0 unspecified atom stereocenters. The smallest absolute Gasteiger partial charge is 0.255 e. The monoisotopic (exact) mass is 360 g/mol. The zero-order chi connectivity index (χ0) is 14.9. The van der Waals surface area contributed by atoms with Gasteiger partial charge in [-0.1, -0.05) is 6.07 Å². The van der Waals surface area contributed by atoms with Crippen LogP contribution in [0.1, 0.15) is 30.4 Å². The van der Waals surface area contributed by atoms with E-state index in [1.807, 2.05) is 12.1 Å². The van der Waals surface area contributed by atoms with E-state index >= 15 is 0 Å². The van der Waals surface area contributed by atoms with Gasteiger partial charge in [-0.2, -0.15) is 0 Å². The molecule has 2 rings (SSSR count). The number of nitrogens with zero attached hydrogens (tertiary/aromatic N) is 2.